The monoisotopic (exact) mass is 244 g/mol. The van der Waals surface area contributed by atoms with Crippen molar-refractivity contribution < 1.29 is 0 Å². The number of nitrogens with one attached hydrogen (secondary N) is 1. The van der Waals surface area contributed by atoms with Crippen molar-refractivity contribution >= 4 is 5.69 Å². The summed E-state index contributed by atoms with van der Waals surface area (Å²) in [5.41, 5.74) is 3.44. The van der Waals surface area contributed by atoms with Crippen molar-refractivity contribution in [2.24, 2.45) is 5.41 Å². The van der Waals surface area contributed by atoms with Crippen molar-refractivity contribution in [3.63, 3.8) is 0 Å². The van der Waals surface area contributed by atoms with Crippen LogP contribution in [-0.4, -0.2) is 26.2 Å². The lowest BCUT2D eigenvalue weighted by molar-refractivity contribution is 0.155. The zero-order valence-corrected chi connectivity index (χ0v) is 11.4. The van der Waals surface area contributed by atoms with Crippen molar-refractivity contribution in [2.45, 2.75) is 32.6 Å². The van der Waals surface area contributed by atoms with E-state index >= 15 is 0 Å². The van der Waals surface area contributed by atoms with E-state index in [4.69, 9.17) is 0 Å². The highest BCUT2D eigenvalue weighted by molar-refractivity contribution is 5.48. The van der Waals surface area contributed by atoms with Crippen LogP contribution in [0, 0.1) is 12.3 Å². The van der Waals surface area contributed by atoms with Gasteiger partial charge in [0.2, 0.25) is 0 Å². The van der Waals surface area contributed by atoms with Crippen LogP contribution >= 0.6 is 0 Å². The van der Waals surface area contributed by atoms with Crippen molar-refractivity contribution in [3.8, 4) is 0 Å². The highest BCUT2D eigenvalue weighted by Gasteiger charge is 2.35. The summed E-state index contributed by atoms with van der Waals surface area (Å²) >= 11 is 0. The van der Waals surface area contributed by atoms with E-state index in [1.54, 1.807) is 0 Å². The molecule has 2 nitrogen and oxygen atoms in total. The number of benzene rings is 1. The van der Waals surface area contributed by atoms with Gasteiger partial charge in [0.1, 0.15) is 0 Å². The molecule has 1 N–H and O–H groups in total. The molecule has 0 amide bonds. The molecule has 98 valence electrons. The van der Waals surface area contributed by atoms with Crippen molar-refractivity contribution in [2.75, 3.05) is 31.1 Å². The summed E-state index contributed by atoms with van der Waals surface area (Å²) in [4.78, 5) is 2.57. The van der Waals surface area contributed by atoms with E-state index in [2.05, 4.69) is 41.4 Å². The number of rotatable bonds is 1. The maximum atomic E-state index is 3.49. The summed E-state index contributed by atoms with van der Waals surface area (Å²) in [6.07, 6.45) is 5.52. The topological polar surface area (TPSA) is 15.3 Å². The predicted octanol–water partition coefficient (Wildman–Crippen LogP) is 2.97. The van der Waals surface area contributed by atoms with E-state index in [-0.39, 0.29) is 0 Å². The Morgan fingerprint density at radius 3 is 2.44 bits per heavy atom. The summed E-state index contributed by atoms with van der Waals surface area (Å²) < 4.78 is 0. The van der Waals surface area contributed by atoms with Crippen LogP contribution in [0.3, 0.4) is 0 Å². The minimum Gasteiger partial charge on any atom is -0.371 e. The van der Waals surface area contributed by atoms with Crippen LogP contribution in [0.25, 0.3) is 0 Å². The number of anilines is 1. The lowest BCUT2D eigenvalue weighted by Gasteiger charge is -2.45. The van der Waals surface area contributed by atoms with Gasteiger partial charge in [-0.05, 0) is 68.8 Å². The first-order chi connectivity index (χ1) is 8.77. The van der Waals surface area contributed by atoms with Crippen LogP contribution in [0.4, 0.5) is 5.69 Å². The largest absolute Gasteiger partial charge is 0.371 e. The summed E-state index contributed by atoms with van der Waals surface area (Å²) in [5, 5.41) is 3.49. The molecule has 0 aliphatic carbocycles. The van der Waals surface area contributed by atoms with E-state index in [0.717, 1.165) is 0 Å². The van der Waals surface area contributed by atoms with Gasteiger partial charge in [-0.25, -0.2) is 0 Å². The van der Waals surface area contributed by atoms with Crippen LogP contribution in [0.15, 0.2) is 24.3 Å². The van der Waals surface area contributed by atoms with Crippen LogP contribution in [0.5, 0.6) is 0 Å². The standard InChI is InChI=1S/C16H24N2/c1-14-3-2-4-15(13-14)18-11-7-16(8-12-18)5-9-17-10-6-16/h2-4,13,17H,5-12H2,1H3. The van der Waals surface area contributed by atoms with Gasteiger partial charge < -0.3 is 10.2 Å². The molecule has 0 atom stereocenters. The van der Waals surface area contributed by atoms with Gasteiger partial charge in [-0.2, -0.15) is 0 Å². The highest BCUT2D eigenvalue weighted by Crippen LogP contribution is 2.40. The van der Waals surface area contributed by atoms with Crippen LogP contribution in [0.1, 0.15) is 31.2 Å². The molecular formula is C16H24N2. The van der Waals surface area contributed by atoms with Crippen LogP contribution in [0.2, 0.25) is 0 Å². The Morgan fingerprint density at radius 2 is 1.78 bits per heavy atom. The maximum Gasteiger partial charge on any atom is 0.0368 e. The second kappa shape index (κ2) is 4.93. The first kappa shape index (κ1) is 12.0. The molecule has 3 rings (SSSR count). The third-order valence-electron chi connectivity index (χ3n) is 4.86. The molecule has 0 radical (unpaired) electrons. The van der Waals surface area contributed by atoms with Crippen LogP contribution < -0.4 is 10.2 Å². The van der Waals surface area contributed by atoms with E-state index in [1.165, 1.54) is 63.1 Å². The van der Waals surface area contributed by atoms with Gasteiger partial charge in [-0.1, -0.05) is 12.1 Å². The zero-order valence-electron chi connectivity index (χ0n) is 11.4. The maximum absolute atomic E-state index is 3.49. The zero-order chi connectivity index (χ0) is 12.4. The molecule has 2 heteroatoms. The van der Waals surface area contributed by atoms with Crippen molar-refractivity contribution in [1.82, 2.24) is 5.32 Å². The van der Waals surface area contributed by atoms with Gasteiger partial charge in [-0.3, -0.25) is 0 Å². The van der Waals surface area contributed by atoms with E-state index < -0.39 is 0 Å². The second-order valence-corrected chi connectivity index (χ2v) is 6.08. The van der Waals surface area contributed by atoms with Crippen molar-refractivity contribution in [3.05, 3.63) is 29.8 Å². The second-order valence-electron chi connectivity index (χ2n) is 6.08. The fraction of sp³-hybridized carbons (Fsp3) is 0.625. The Kier molecular flexibility index (Phi) is 3.29. The molecule has 18 heavy (non-hydrogen) atoms. The summed E-state index contributed by atoms with van der Waals surface area (Å²) in [5.74, 6) is 0. The summed E-state index contributed by atoms with van der Waals surface area (Å²) in [6, 6.07) is 8.94. The molecular weight excluding hydrogens is 220 g/mol. The molecule has 1 aromatic rings. The minimum atomic E-state index is 0.658. The highest BCUT2D eigenvalue weighted by atomic mass is 15.1. The molecule has 2 saturated heterocycles. The lowest BCUT2D eigenvalue weighted by atomic mass is 9.71. The molecule has 2 heterocycles. The predicted molar refractivity (Wildman–Crippen MR) is 77.2 cm³/mol. The Bertz CT molecular complexity index is 397. The van der Waals surface area contributed by atoms with Gasteiger partial charge in [0, 0.05) is 18.8 Å². The van der Waals surface area contributed by atoms with Gasteiger partial charge >= 0.3 is 0 Å². The Balaban J connectivity index is 1.66. The Morgan fingerprint density at radius 1 is 1.06 bits per heavy atom. The molecule has 1 spiro atoms. The number of aryl methyl sites for hydroxylation is 1. The number of hydrogen-bond acceptors (Lipinski definition) is 2. The molecule has 1 aromatic carbocycles. The molecule has 2 aliphatic heterocycles. The average Bonchev–Trinajstić information content (AvgIpc) is 2.40. The first-order valence-corrected chi connectivity index (χ1v) is 7.30. The fourth-order valence-electron chi connectivity index (χ4n) is 3.52. The smallest absolute Gasteiger partial charge is 0.0368 e. The summed E-state index contributed by atoms with van der Waals surface area (Å²) in [7, 11) is 0. The normalized spacial score (nSPS) is 23.3. The molecule has 0 unspecified atom stereocenters. The molecule has 0 saturated carbocycles. The molecule has 2 fully saturated rings. The third kappa shape index (κ3) is 2.39. The Labute approximate surface area is 110 Å². The first-order valence-electron chi connectivity index (χ1n) is 7.30. The van der Waals surface area contributed by atoms with Crippen molar-refractivity contribution in [1.29, 1.82) is 0 Å². The molecule has 2 aliphatic rings. The fourth-order valence-corrected chi connectivity index (χ4v) is 3.52. The Hall–Kier alpha value is -1.02. The van der Waals surface area contributed by atoms with Gasteiger partial charge in [0.05, 0.1) is 0 Å². The van der Waals surface area contributed by atoms with E-state index in [0.29, 0.717) is 5.41 Å². The molecule has 0 bridgehead atoms. The van der Waals surface area contributed by atoms with Gasteiger partial charge in [0.25, 0.3) is 0 Å². The summed E-state index contributed by atoms with van der Waals surface area (Å²) in [6.45, 7) is 7.11. The van der Waals surface area contributed by atoms with Crippen LogP contribution in [-0.2, 0) is 0 Å². The van der Waals surface area contributed by atoms with Gasteiger partial charge in [-0.15, -0.1) is 0 Å². The van der Waals surface area contributed by atoms with E-state index in [1.807, 2.05) is 0 Å². The van der Waals surface area contributed by atoms with E-state index in [9.17, 15) is 0 Å². The number of piperidine rings is 2. The molecule has 0 aromatic heterocycles. The SMILES string of the molecule is Cc1cccc(N2CCC3(CCNCC3)CC2)c1. The van der Waals surface area contributed by atoms with Gasteiger partial charge in [0.15, 0.2) is 0 Å². The number of nitrogens with zero attached hydrogens (tertiary/aromatic N) is 1. The average molecular weight is 244 g/mol. The third-order valence-corrected chi connectivity index (χ3v) is 4.86. The number of hydrogen-bond donors (Lipinski definition) is 1. The quantitative estimate of drug-likeness (QED) is 0.817. The lowest BCUT2D eigenvalue weighted by Crippen LogP contribution is -2.45. The minimum absolute atomic E-state index is 0.658.